The molecule has 2 atom stereocenters. The van der Waals surface area contributed by atoms with Gasteiger partial charge in [0.25, 0.3) is 5.91 Å². The number of hydrogen-bond donors (Lipinski definition) is 2. The molecule has 1 aliphatic rings. The van der Waals surface area contributed by atoms with Gasteiger partial charge in [0.2, 0.25) is 0 Å². The van der Waals surface area contributed by atoms with E-state index in [0.29, 0.717) is 5.56 Å². The molecule has 0 aliphatic heterocycles. The molecule has 2 aromatic carbocycles. The molecular weight excluding hydrogens is 340 g/mol. The number of anilines is 1. The normalized spacial score (nSPS) is 18.7. The second kappa shape index (κ2) is 7.06. The van der Waals surface area contributed by atoms with E-state index in [4.69, 9.17) is 0 Å². The van der Waals surface area contributed by atoms with Crippen LogP contribution in [0.2, 0.25) is 0 Å². The first-order valence-corrected chi connectivity index (χ1v) is 9.17. The van der Waals surface area contributed by atoms with Crippen LogP contribution in [-0.2, 0) is 0 Å². The van der Waals surface area contributed by atoms with Gasteiger partial charge in [-0.1, -0.05) is 30.3 Å². The molecule has 0 spiro atoms. The maximum absolute atomic E-state index is 12.3. The van der Waals surface area contributed by atoms with Gasteiger partial charge < -0.3 is 10.4 Å². The number of aryl methyl sites for hydroxylation is 1. The third-order valence-electron chi connectivity index (χ3n) is 4.98. The van der Waals surface area contributed by atoms with E-state index in [2.05, 4.69) is 5.32 Å². The summed E-state index contributed by atoms with van der Waals surface area (Å²) in [5.74, 6) is 0.0680. The Hall–Kier alpha value is -2.82. The van der Waals surface area contributed by atoms with Crippen molar-refractivity contribution in [2.24, 2.45) is 0 Å². The largest absolute Gasteiger partial charge is 0.465 e. The Balaban J connectivity index is 1.73. The van der Waals surface area contributed by atoms with Gasteiger partial charge in [-0.2, -0.15) is 0 Å². The predicted molar refractivity (Wildman–Crippen MR) is 106 cm³/mol. The first kappa shape index (κ1) is 19.0. The highest BCUT2D eigenvalue weighted by molar-refractivity contribution is 6.04. The minimum Gasteiger partial charge on any atom is -0.465 e. The number of hydrogen-bond acceptors (Lipinski definition) is 2. The SMILES string of the molecule is Cc1cc(C2CC2N(C(=O)O)C(C)(C)C)ccc1NC(=O)c1ccccc1. The lowest BCUT2D eigenvalue weighted by atomic mass is 10.0. The first-order chi connectivity index (χ1) is 12.7. The van der Waals surface area contributed by atoms with Crippen molar-refractivity contribution in [2.75, 3.05) is 5.32 Å². The van der Waals surface area contributed by atoms with Crippen molar-refractivity contribution in [3.8, 4) is 0 Å². The maximum Gasteiger partial charge on any atom is 0.408 e. The molecule has 2 amide bonds. The predicted octanol–water partition coefficient (Wildman–Crippen LogP) is 4.88. The zero-order valence-electron chi connectivity index (χ0n) is 16.2. The van der Waals surface area contributed by atoms with Gasteiger partial charge in [0.15, 0.2) is 0 Å². The highest BCUT2D eigenvalue weighted by Crippen LogP contribution is 2.47. The quantitative estimate of drug-likeness (QED) is 0.810. The van der Waals surface area contributed by atoms with Gasteiger partial charge in [-0.3, -0.25) is 9.69 Å². The van der Waals surface area contributed by atoms with Crippen LogP contribution in [0.1, 0.15) is 54.6 Å². The molecule has 142 valence electrons. The molecule has 3 rings (SSSR count). The fourth-order valence-electron chi connectivity index (χ4n) is 3.59. The Kier molecular flexibility index (Phi) is 4.96. The molecule has 1 saturated carbocycles. The summed E-state index contributed by atoms with van der Waals surface area (Å²) in [4.78, 5) is 25.6. The third kappa shape index (κ3) is 4.13. The molecule has 27 heavy (non-hydrogen) atoms. The third-order valence-corrected chi connectivity index (χ3v) is 4.98. The van der Waals surface area contributed by atoms with Crippen LogP contribution >= 0.6 is 0 Å². The summed E-state index contributed by atoms with van der Waals surface area (Å²) in [5.41, 5.74) is 3.05. The van der Waals surface area contributed by atoms with Crippen molar-refractivity contribution in [1.82, 2.24) is 4.90 Å². The molecule has 1 fully saturated rings. The van der Waals surface area contributed by atoms with Crippen molar-refractivity contribution >= 4 is 17.7 Å². The average Bonchev–Trinajstić information content (AvgIpc) is 3.35. The van der Waals surface area contributed by atoms with Gasteiger partial charge in [-0.15, -0.1) is 0 Å². The minimum atomic E-state index is -0.876. The highest BCUT2D eigenvalue weighted by atomic mass is 16.4. The number of amides is 2. The molecule has 5 nitrogen and oxygen atoms in total. The second-order valence-electron chi connectivity index (χ2n) is 8.13. The van der Waals surface area contributed by atoms with Crippen LogP contribution in [0.3, 0.4) is 0 Å². The van der Waals surface area contributed by atoms with Crippen LogP contribution in [0.4, 0.5) is 10.5 Å². The molecule has 2 aromatic rings. The fraction of sp³-hybridized carbons (Fsp3) is 0.364. The van der Waals surface area contributed by atoms with E-state index in [1.807, 2.05) is 64.1 Å². The van der Waals surface area contributed by atoms with E-state index in [1.54, 1.807) is 17.0 Å². The van der Waals surface area contributed by atoms with Crippen molar-refractivity contribution in [2.45, 2.75) is 51.6 Å². The van der Waals surface area contributed by atoms with E-state index < -0.39 is 11.6 Å². The van der Waals surface area contributed by atoms with Crippen LogP contribution in [0.25, 0.3) is 0 Å². The van der Waals surface area contributed by atoms with Crippen molar-refractivity contribution in [3.63, 3.8) is 0 Å². The van der Waals surface area contributed by atoms with E-state index in [9.17, 15) is 14.7 Å². The smallest absolute Gasteiger partial charge is 0.408 e. The summed E-state index contributed by atoms with van der Waals surface area (Å²) in [7, 11) is 0. The van der Waals surface area contributed by atoms with Gasteiger partial charge in [0, 0.05) is 28.7 Å². The molecule has 0 radical (unpaired) electrons. The van der Waals surface area contributed by atoms with Gasteiger partial charge >= 0.3 is 6.09 Å². The Morgan fingerprint density at radius 2 is 1.78 bits per heavy atom. The lowest BCUT2D eigenvalue weighted by molar-refractivity contribution is 0.0939. The van der Waals surface area contributed by atoms with E-state index in [0.717, 1.165) is 23.2 Å². The Bertz CT molecular complexity index is 856. The minimum absolute atomic E-state index is 0.00617. The molecular formula is C22H26N2O3. The van der Waals surface area contributed by atoms with Crippen LogP contribution < -0.4 is 5.32 Å². The Morgan fingerprint density at radius 1 is 1.11 bits per heavy atom. The van der Waals surface area contributed by atoms with Crippen molar-refractivity contribution in [1.29, 1.82) is 0 Å². The summed E-state index contributed by atoms with van der Waals surface area (Å²) < 4.78 is 0. The zero-order valence-corrected chi connectivity index (χ0v) is 16.2. The summed E-state index contributed by atoms with van der Waals surface area (Å²) >= 11 is 0. The van der Waals surface area contributed by atoms with E-state index >= 15 is 0 Å². The molecule has 1 aliphatic carbocycles. The standard InChI is InChI=1S/C22H26N2O3/c1-14-12-16(17-13-19(17)24(21(26)27)22(2,3)4)10-11-18(14)23-20(25)15-8-6-5-7-9-15/h5-12,17,19H,13H2,1-4H3,(H,23,25)(H,26,27). The van der Waals surface area contributed by atoms with Gasteiger partial charge in [0.1, 0.15) is 0 Å². The van der Waals surface area contributed by atoms with E-state index in [-0.39, 0.29) is 17.9 Å². The summed E-state index contributed by atoms with van der Waals surface area (Å²) in [6, 6.07) is 15.1. The molecule has 0 saturated heterocycles. The number of rotatable bonds is 4. The number of carboxylic acid groups (broad SMARTS) is 1. The van der Waals surface area contributed by atoms with Crippen LogP contribution in [0.15, 0.2) is 48.5 Å². The van der Waals surface area contributed by atoms with Crippen molar-refractivity contribution in [3.05, 3.63) is 65.2 Å². The molecule has 5 heteroatoms. The number of benzene rings is 2. The van der Waals surface area contributed by atoms with Crippen molar-refractivity contribution < 1.29 is 14.7 Å². The Labute approximate surface area is 160 Å². The second-order valence-corrected chi connectivity index (χ2v) is 8.13. The highest BCUT2D eigenvalue weighted by Gasteiger charge is 2.48. The van der Waals surface area contributed by atoms with Crippen LogP contribution in [-0.4, -0.2) is 33.6 Å². The van der Waals surface area contributed by atoms with Crippen LogP contribution in [0.5, 0.6) is 0 Å². The lowest BCUT2D eigenvalue weighted by Crippen LogP contribution is -2.46. The number of nitrogens with zero attached hydrogens (tertiary/aromatic N) is 1. The van der Waals surface area contributed by atoms with Gasteiger partial charge in [-0.05, 0) is 63.4 Å². The molecule has 0 bridgehead atoms. The van der Waals surface area contributed by atoms with Crippen LogP contribution in [0, 0.1) is 6.92 Å². The molecule has 0 aromatic heterocycles. The van der Waals surface area contributed by atoms with Gasteiger partial charge in [0.05, 0.1) is 0 Å². The topological polar surface area (TPSA) is 69.6 Å². The molecule has 0 heterocycles. The number of carbonyl (C=O) groups is 2. The molecule has 2 unspecified atom stereocenters. The Morgan fingerprint density at radius 3 is 2.33 bits per heavy atom. The first-order valence-electron chi connectivity index (χ1n) is 9.17. The summed E-state index contributed by atoms with van der Waals surface area (Å²) in [6.45, 7) is 7.72. The average molecular weight is 366 g/mol. The van der Waals surface area contributed by atoms with E-state index in [1.165, 1.54) is 0 Å². The monoisotopic (exact) mass is 366 g/mol. The molecule has 2 N–H and O–H groups in total. The fourth-order valence-corrected chi connectivity index (χ4v) is 3.59. The maximum atomic E-state index is 12.3. The zero-order chi connectivity index (χ0) is 19.8. The number of carbonyl (C=O) groups excluding carboxylic acids is 1. The summed E-state index contributed by atoms with van der Waals surface area (Å²) in [6.07, 6.45) is -0.0443. The summed E-state index contributed by atoms with van der Waals surface area (Å²) in [5, 5.41) is 12.5. The lowest BCUT2D eigenvalue weighted by Gasteiger charge is -2.33. The number of nitrogens with one attached hydrogen (secondary N) is 1. The van der Waals surface area contributed by atoms with Gasteiger partial charge in [-0.25, -0.2) is 4.79 Å².